The number of pyridine rings is 1. The molecule has 0 N–H and O–H groups in total. The van der Waals surface area contributed by atoms with Gasteiger partial charge in [-0.1, -0.05) is 11.6 Å². The molecule has 0 aliphatic heterocycles. The van der Waals surface area contributed by atoms with Crippen LogP contribution in [0.4, 0.5) is 4.39 Å². The topological polar surface area (TPSA) is 39.2 Å². The first-order valence-electron chi connectivity index (χ1n) is 5.30. The molecular formula is C13H11ClFNO2. The van der Waals surface area contributed by atoms with Gasteiger partial charge in [0.05, 0.1) is 23.2 Å². The number of carbonyl (C=O) groups is 1. The lowest BCUT2D eigenvalue weighted by molar-refractivity contribution is 0.0602. The fourth-order valence-corrected chi connectivity index (χ4v) is 2.00. The molecule has 5 heteroatoms. The average molecular weight is 268 g/mol. The molecule has 2 aromatic rings. The second kappa shape index (κ2) is 4.53. The summed E-state index contributed by atoms with van der Waals surface area (Å²) in [5.74, 6) is -1.09. The smallest absolute Gasteiger partial charge is 0.338 e. The number of methoxy groups -OCH3 is 1. The summed E-state index contributed by atoms with van der Waals surface area (Å²) in [6.45, 7) is 3.53. The molecule has 0 aliphatic rings. The summed E-state index contributed by atoms with van der Waals surface area (Å²) in [6.07, 6.45) is 0. The molecule has 0 amide bonds. The van der Waals surface area contributed by atoms with Crippen LogP contribution in [-0.2, 0) is 4.74 Å². The zero-order valence-corrected chi connectivity index (χ0v) is 10.9. The Morgan fingerprint density at radius 1 is 1.39 bits per heavy atom. The van der Waals surface area contributed by atoms with E-state index in [1.54, 1.807) is 13.8 Å². The predicted octanol–water partition coefficient (Wildman–Crippen LogP) is 3.43. The van der Waals surface area contributed by atoms with Crippen LogP contribution in [0.5, 0.6) is 0 Å². The molecule has 1 aromatic heterocycles. The zero-order chi connectivity index (χ0) is 13.4. The average Bonchev–Trinajstić information content (AvgIpc) is 2.33. The van der Waals surface area contributed by atoms with E-state index in [1.807, 2.05) is 0 Å². The molecule has 0 spiro atoms. The van der Waals surface area contributed by atoms with Gasteiger partial charge in [-0.15, -0.1) is 0 Å². The summed E-state index contributed by atoms with van der Waals surface area (Å²) in [6, 6.07) is 2.62. The highest BCUT2D eigenvalue weighted by Crippen LogP contribution is 2.28. The third-order valence-corrected chi connectivity index (χ3v) is 3.19. The van der Waals surface area contributed by atoms with Crippen LogP contribution in [0.3, 0.4) is 0 Å². The summed E-state index contributed by atoms with van der Waals surface area (Å²) < 4.78 is 18.2. The minimum Gasteiger partial charge on any atom is -0.465 e. The van der Waals surface area contributed by atoms with Gasteiger partial charge < -0.3 is 4.74 Å². The van der Waals surface area contributed by atoms with E-state index in [9.17, 15) is 9.18 Å². The van der Waals surface area contributed by atoms with Crippen molar-refractivity contribution in [2.45, 2.75) is 13.8 Å². The third-order valence-electron chi connectivity index (χ3n) is 2.90. The van der Waals surface area contributed by atoms with E-state index in [4.69, 9.17) is 16.3 Å². The van der Waals surface area contributed by atoms with Gasteiger partial charge in [0.1, 0.15) is 5.82 Å². The van der Waals surface area contributed by atoms with Crippen LogP contribution < -0.4 is 0 Å². The Balaban J connectivity index is 2.92. The Morgan fingerprint density at radius 3 is 2.67 bits per heavy atom. The molecule has 1 aromatic carbocycles. The van der Waals surface area contributed by atoms with Crippen LogP contribution >= 0.6 is 11.6 Å². The van der Waals surface area contributed by atoms with E-state index < -0.39 is 11.8 Å². The molecule has 0 radical (unpaired) electrons. The van der Waals surface area contributed by atoms with E-state index in [2.05, 4.69) is 4.98 Å². The minimum absolute atomic E-state index is 0.0194. The molecule has 18 heavy (non-hydrogen) atoms. The normalized spacial score (nSPS) is 10.7. The maximum atomic E-state index is 13.5. The molecule has 0 fully saturated rings. The first-order valence-corrected chi connectivity index (χ1v) is 5.67. The third kappa shape index (κ3) is 1.93. The number of aromatic nitrogens is 1. The number of rotatable bonds is 1. The molecule has 0 aliphatic carbocycles. The van der Waals surface area contributed by atoms with Crippen molar-refractivity contribution < 1.29 is 13.9 Å². The Bertz CT molecular complexity index is 650. The van der Waals surface area contributed by atoms with E-state index in [-0.39, 0.29) is 5.02 Å². The molecule has 1 heterocycles. The number of ether oxygens (including phenoxy) is 1. The maximum absolute atomic E-state index is 13.5. The van der Waals surface area contributed by atoms with Gasteiger partial charge in [0, 0.05) is 11.1 Å². The largest absolute Gasteiger partial charge is 0.465 e. The molecule has 0 bridgehead atoms. The van der Waals surface area contributed by atoms with Crippen molar-refractivity contribution in [3.8, 4) is 0 Å². The lowest BCUT2D eigenvalue weighted by Crippen LogP contribution is -2.08. The monoisotopic (exact) mass is 267 g/mol. The van der Waals surface area contributed by atoms with E-state index in [1.165, 1.54) is 19.2 Å². The van der Waals surface area contributed by atoms with Crippen molar-refractivity contribution >= 4 is 28.5 Å². The molecule has 0 saturated carbocycles. The van der Waals surface area contributed by atoms with Crippen LogP contribution in [0.1, 0.15) is 21.6 Å². The number of aryl methyl sites for hydroxylation is 1. The number of hydrogen-bond acceptors (Lipinski definition) is 3. The molecule has 2 rings (SSSR count). The second-order valence-electron chi connectivity index (χ2n) is 3.97. The van der Waals surface area contributed by atoms with Crippen LogP contribution in [-0.4, -0.2) is 18.1 Å². The number of fused-ring (bicyclic) bond motifs is 1. The molecular weight excluding hydrogens is 257 g/mol. The lowest BCUT2D eigenvalue weighted by Gasteiger charge is -2.11. The Labute approximate surface area is 109 Å². The SMILES string of the molecule is COC(=O)c1c(C)c(C)nc2cc(Cl)c(F)cc12. The first kappa shape index (κ1) is 12.8. The highest BCUT2D eigenvalue weighted by Gasteiger charge is 2.18. The van der Waals surface area contributed by atoms with Crippen molar-refractivity contribution in [2.75, 3.05) is 7.11 Å². The molecule has 0 atom stereocenters. The predicted molar refractivity (Wildman–Crippen MR) is 67.5 cm³/mol. The van der Waals surface area contributed by atoms with E-state index in [0.717, 1.165) is 0 Å². The van der Waals surface area contributed by atoms with Crippen LogP contribution in [0.15, 0.2) is 12.1 Å². The Kier molecular flexibility index (Phi) is 3.22. The van der Waals surface area contributed by atoms with Crippen LogP contribution in [0.2, 0.25) is 5.02 Å². The van der Waals surface area contributed by atoms with Crippen molar-refractivity contribution in [1.29, 1.82) is 0 Å². The Hall–Kier alpha value is -1.68. The summed E-state index contributed by atoms with van der Waals surface area (Å²) in [5.41, 5.74) is 2.17. The van der Waals surface area contributed by atoms with Crippen LogP contribution in [0, 0.1) is 19.7 Å². The number of carbonyl (C=O) groups excluding carboxylic acids is 1. The van der Waals surface area contributed by atoms with Gasteiger partial charge in [-0.2, -0.15) is 0 Å². The van der Waals surface area contributed by atoms with Crippen molar-refractivity contribution in [1.82, 2.24) is 4.98 Å². The van der Waals surface area contributed by atoms with Gasteiger partial charge in [0.15, 0.2) is 0 Å². The highest BCUT2D eigenvalue weighted by molar-refractivity contribution is 6.31. The van der Waals surface area contributed by atoms with Gasteiger partial charge in [0.2, 0.25) is 0 Å². The van der Waals surface area contributed by atoms with Gasteiger partial charge in [-0.3, -0.25) is 4.98 Å². The lowest BCUT2D eigenvalue weighted by atomic mass is 10.0. The Morgan fingerprint density at radius 2 is 2.06 bits per heavy atom. The standard InChI is InChI=1S/C13H11ClFNO2/c1-6-7(2)16-11-5-9(14)10(15)4-8(11)12(6)13(17)18-3/h4-5H,1-3H3. The van der Waals surface area contributed by atoms with Crippen LogP contribution in [0.25, 0.3) is 10.9 Å². The summed E-state index contributed by atoms with van der Waals surface area (Å²) in [7, 11) is 1.29. The maximum Gasteiger partial charge on any atom is 0.338 e. The molecule has 0 saturated heterocycles. The van der Waals surface area contributed by atoms with Crippen molar-refractivity contribution in [2.24, 2.45) is 0 Å². The number of benzene rings is 1. The number of hydrogen-bond donors (Lipinski definition) is 0. The quantitative estimate of drug-likeness (QED) is 0.743. The van der Waals surface area contributed by atoms with Crippen molar-refractivity contribution in [3.63, 3.8) is 0 Å². The molecule has 94 valence electrons. The fraction of sp³-hybridized carbons (Fsp3) is 0.231. The molecule has 3 nitrogen and oxygen atoms in total. The minimum atomic E-state index is -0.584. The van der Waals surface area contributed by atoms with Crippen molar-refractivity contribution in [3.05, 3.63) is 39.8 Å². The summed E-state index contributed by atoms with van der Waals surface area (Å²) in [5, 5.41) is 0.390. The number of halogens is 2. The van der Waals surface area contributed by atoms with Gasteiger partial charge >= 0.3 is 5.97 Å². The summed E-state index contributed by atoms with van der Waals surface area (Å²) >= 11 is 5.71. The van der Waals surface area contributed by atoms with Gasteiger partial charge in [-0.25, -0.2) is 9.18 Å². The number of esters is 1. The fourth-order valence-electron chi connectivity index (χ4n) is 1.84. The van der Waals surface area contributed by atoms with Gasteiger partial charge in [-0.05, 0) is 31.5 Å². The molecule has 0 unspecified atom stereocenters. The first-order chi connectivity index (χ1) is 8.45. The number of nitrogens with zero attached hydrogens (tertiary/aromatic N) is 1. The summed E-state index contributed by atoms with van der Waals surface area (Å²) in [4.78, 5) is 16.1. The van der Waals surface area contributed by atoms with E-state index >= 15 is 0 Å². The highest BCUT2D eigenvalue weighted by atomic mass is 35.5. The van der Waals surface area contributed by atoms with Gasteiger partial charge in [0.25, 0.3) is 0 Å². The second-order valence-corrected chi connectivity index (χ2v) is 4.38. The zero-order valence-electron chi connectivity index (χ0n) is 10.2. The van der Waals surface area contributed by atoms with E-state index in [0.29, 0.717) is 27.7 Å².